The Morgan fingerprint density at radius 1 is 1.43 bits per heavy atom. The van der Waals surface area contributed by atoms with E-state index in [0.717, 1.165) is 19.4 Å². The van der Waals surface area contributed by atoms with E-state index in [9.17, 15) is 9.59 Å². The van der Waals surface area contributed by atoms with Crippen molar-refractivity contribution in [2.75, 3.05) is 6.54 Å². The van der Waals surface area contributed by atoms with Gasteiger partial charge in [0.1, 0.15) is 0 Å². The Morgan fingerprint density at radius 3 is 2.57 bits per heavy atom. The van der Waals surface area contributed by atoms with Crippen LogP contribution in [0.15, 0.2) is 0 Å². The first-order chi connectivity index (χ1) is 6.57. The number of hydrogen-bond acceptors (Lipinski definition) is 2. The van der Waals surface area contributed by atoms with Crippen molar-refractivity contribution in [3.63, 3.8) is 0 Å². The van der Waals surface area contributed by atoms with Crippen molar-refractivity contribution in [2.24, 2.45) is 5.92 Å². The van der Waals surface area contributed by atoms with Gasteiger partial charge in [0.25, 0.3) is 0 Å². The summed E-state index contributed by atoms with van der Waals surface area (Å²) in [5.74, 6) is 0.325. The number of amides is 1. The van der Waals surface area contributed by atoms with Crippen molar-refractivity contribution >= 4 is 11.7 Å². The lowest BCUT2D eigenvalue weighted by Gasteiger charge is -2.25. The van der Waals surface area contributed by atoms with Gasteiger partial charge in [0.15, 0.2) is 5.78 Å². The first-order valence-corrected chi connectivity index (χ1v) is 5.41. The maximum absolute atomic E-state index is 11.7. The Morgan fingerprint density at radius 2 is 2.07 bits per heavy atom. The molecular formula is C11H19NO2. The van der Waals surface area contributed by atoms with E-state index in [2.05, 4.69) is 0 Å². The third kappa shape index (κ3) is 2.14. The Kier molecular flexibility index (Phi) is 3.67. The second-order valence-corrected chi connectivity index (χ2v) is 4.16. The summed E-state index contributed by atoms with van der Waals surface area (Å²) in [4.78, 5) is 25.1. The van der Waals surface area contributed by atoms with Crippen LogP contribution in [0.1, 0.15) is 40.0 Å². The highest BCUT2D eigenvalue weighted by Gasteiger charge is 2.33. The van der Waals surface area contributed by atoms with Gasteiger partial charge >= 0.3 is 0 Å². The van der Waals surface area contributed by atoms with Crippen LogP contribution in [0, 0.1) is 5.92 Å². The molecule has 0 spiro atoms. The number of ketones is 1. The fraction of sp³-hybridized carbons (Fsp3) is 0.818. The third-order valence-corrected chi connectivity index (χ3v) is 2.75. The number of Topliss-reactive ketones (excluding diaryl/α,β-unsaturated/α-hetero) is 1. The zero-order valence-electron chi connectivity index (χ0n) is 9.25. The molecule has 1 heterocycles. The third-order valence-electron chi connectivity index (χ3n) is 2.75. The Hall–Kier alpha value is -0.860. The molecule has 1 fully saturated rings. The highest BCUT2D eigenvalue weighted by molar-refractivity contribution is 5.89. The van der Waals surface area contributed by atoms with Gasteiger partial charge in [-0.2, -0.15) is 0 Å². The van der Waals surface area contributed by atoms with E-state index >= 15 is 0 Å². The number of rotatable bonds is 3. The number of carbonyl (C=O) groups excluding carboxylic acids is 2. The topological polar surface area (TPSA) is 37.4 Å². The van der Waals surface area contributed by atoms with Crippen LogP contribution in [0.25, 0.3) is 0 Å². The molecule has 1 amide bonds. The van der Waals surface area contributed by atoms with Crippen LogP contribution in [-0.2, 0) is 9.59 Å². The number of nitrogens with zero attached hydrogens (tertiary/aromatic N) is 1. The molecule has 1 aliphatic heterocycles. The lowest BCUT2D eigenvalue weighted by Crippen LogP contribution is -2.42. The molecule has 0 radical (unpaired) electrons. The number of likely N-dealkylation sites (tertiary alicyclic amines) is 1. The van der Waals surface area contributed by atoms with E-state index in [1.54, 1.807) is 4.90 Å². The first kappa shape index (κ1) is 11.2. The van der Waals surface area contributed by atoms with Crippen molar-refractivity contribution in [3.8, 4) is 0 Å². The summed E-state index contributed by atoms with van der Waals surface area (Å²) >= 11 is 0. The highest BCUT2D eigenvalue weighted by atomic mass is 16.2. The molecule has 14 heavy (non-hydrogen) atoms. The Balaban J connectivity index is 2.68. The SMILES string of the molecule is CCC(=O)[C@@H]1CCCN1C(=O)C(C)C. The summed E-state index contributed by atoms with van der Waals surface area (Å²) in [6, 6.07) is -0.130. The molecule has 1 saturated heterocycles. The monoisotopic (exact) mass is 197 g/mol. The summed E-state index contributed by atoms with van der Waals surface area (Å²) in [5.41, 5.74) is 0. The summed E-state index contributed by atoms with van der Waals surface area (Å²) in [7, 11) is 0. The Bertz CT molecular complexity index is 235. The fourth-order valence-electron chi connectivity index (χ4n) is 1.93. The molecule has 1 aliphatic rings. The molecule has 1 rings (SSSR count). The molecule has 3 nitrogen and oxygen atoms in total. The van der Waals surface area contributed by atoms with Gasteiger partial charge in [0.05, 0.1) is 6.04 Å². The maximum atomic E-state index is 11.7. The molecule has 0 saturated carbocycles. The van der Waals surface area contributed by atoms with Crippen molar-refractivity contribution in [1.82, 2.24) is 4.90 Å². The minimum Gasteiger partial charge on any atom is -0.332 e. The van der Waals surface area contributed by atoms with Crippen LogP contribution in [0.5, 0.6) is 0 Å². The molecule has 0 aromatic carbocycles. The average molecular weight is 197 g/mol. The first-order valence-electron chi connectivity index (χ1n) is 5.41. The highest BCUT2D eigenvalue weighted by Crippen LogP contribution is 2.21. The molecule has 0 N–H and O–H groups in total. The van der Waals surface area contributed by atoms with Crippen LogP contribution >= 0.6 is 0 Å². The fourth-order valence-corrected chi connectivity index (χ4v) is 1.93. The van der Waals surface area contributed by atoms with Gasteiger partial charge in [0, 0.05) is 18.9 Å². The minimum atomic E-state index is -0.130. The molecule has 1 atom stereocenters. The standard InChI is InChI=1S/C11H19NO2/c1-4-10(13)9-6-5-7-12(9)11(14)8(2)3/h8-9H,4-7H2,1-3H3/t9-/m0/s1. The molecule has 0 bridgehead atoms. The van der Waals surface area contributed by atoms with Gasteiger partial charge in [-0.25, -0.2) is 0 Å². The maximum Gasteiger partial charge on any atom is 0.225 e. The van der Waals surface area contributed by atoms with Crippen molar-refractivity contribution in [2.45, 2.75) is 46.1 Å². The second kappa shape index (κ2) is 4.58. The predicted molar refractivity (Wildman–Crippen MR) is 54.9 cm³/mol. The van der Waals surface area contributed by atoms with Crippen molar-refractivity contribution < 1.29 is 9.59 Å². The molecule has 0 aromatic heterocycles. The summed E-state index contributed by atoms with van der Waals surface area (Å²) in [6.07, 6.45) is 2.35. The van der Waals surface area contributed by atoms with E-state index < -0.39 is 0 Å². The molecule has 3 heteroatoms. The molecule has 0 unspecified atom stereocenters. The van der Waals surface area contributed by atoms with Gasteiger partial charge in [-0.1, -0.05) is 20.8 Å². The number of carbonyl (C=O) groups is 2. The molecule has 0 aromatic rings. The van der Waals surface area contributed by atoms with E-state index in [4.69, 9.17) is 0 Å². The van der Waals surface area contributed by atoms with E-state index in [0.29, 0.717) is 6.42 Å². The Labute approximate surface area is 85.5 Å². The van der Waals surface area contributed by atoms with Gasteiger partial charge in [0.2, 0.25) is 5.91 Å². The number of hydrogen-bond donors (Lipinski definition) is 0. The average Bonchev–Trinajstić information content (AvgIpc) is 2.63. The van der Waals surface area contributed by atoms with Gasteiger partial charge < -0.3 is 4.90 Å². The van der Waals surface area contributed by atoms with Crippen LogP contribution in [0.3, 0.4) is 0 Å². The largest absolute Gasteiger partial charge is 0.332 e. The predicted octanol–water partition coefficient (Wildman–Crippen LogP) is 1.61. The van der Waals surface area contributed by atoms with Crippen LogP contribution in [-0.4, -0.2) is 29.2 Å². The second-order valence-electron chi connectivity index (χ2n) is 4.16. The van der Waals surface area contributed by atoms with Crippen LogP contribution in [0.2, 0.25) is 0 Å². The molecule has 80 valence electrons. The molecular weight excluding hydrogens is 178 g/mol. The zero-order valence-corrected chi connectivity index (χ0v) is 9.25. The van der Waals surface area contributed by atoms with Crippen LogP contribution < -0.4 is 0 Å². The van der Waals surface area contributed by atoms with Crippen molar-refractivity contribution in [3.05, 3.63) is 0 Å². The smallest absolute Gasteiger partial charge is 0.225 e. The van der Waals surface area contributed by atoms with Gasteiger partial charge in [-0.05, 0) is 12.8 Å². The zero-order chi connectivity index (χ0) is 10.7. The quantitative estimate of drug-likeness (QED) is 0.689. The van der Waals surface area contributed by atoms with Gasteiger partial charge in [-0.15, -0.1) is 0 Å². The van der Waals surface area contributed by atoms with Crippen LogP contribution in [0.4, 0.5) is 0 Å². The lowest BCUT2D eigenvalue weighted by molar-refractivity contribution is -0.140. The lowest BCUT2D eigenvalue weighted by atomic mass is 10.1. The normalized spacial score (nSPS) is 21.7. The summed E-state index contributed by atoms with van der Waals surface area (Å²) in [5, 5.41) is 0. The molecule has 0 aliphatic carbocycles. The summed E-state index contributed by atoms with van der Waals surface area (Å²) in [6.45, 7) is 6.38. The minimum absolute atomic E-state index is 0.000237. The van der Waals surface area contributed by atoms with Crippen molar-refractivity contribution in [1.29, 1.82) is 0 Å². The van der Waals surface area contributed by atoms with Gasteiger partial charge in [-0.3, -0.25) is 9.59 Å². The van der Waals surface area contributed by atoms with E-state index in [1.165, 1.54) is 0 Å². The summed E-state index contributed by atoms with van der Waals surface area (Å²) < 4.78 is 0. The van der Waals surface area contributed by atoms with E-state index in [1.807, 2.05) is 20.8 Å². The van der Waals surface area contributed by atoms with E-state index in [-0.39, 0.29) is 23.7 Å².